The van der Waals surface area contributed by atoms with E-state index in [0.29, 0.717) is 0 Å². The fourth-order valence-electron chi connectivity index (χ4n) is 1.46. The van der Waals surface area contributed by atoms with Gasteiger partial charge in [0.15, 0.2) is 0 Å². The van der Waals surface area contributed by atoms with Gasteiger partial charge >= 0.3 is 12.1 Å². The topological polar surface area (TPSA) is 72.5 Å². The van der Waals surface area contributed by atoms with Crippen LogP contribution < -0.4 is 10.5 Å². The molecule has 0 spiro atoms. The number of nitrogens with two attached hydrogens (primary N) is 1. The molecule has 1 unspecified atom stereocenters. The molecule has 4 nitrogen and oxygen atoms in total. The second-order valence-corrected chi connectivity index (χ2v) is 3.54. The number of ether oxygens (including phenoxy) is 1. The average Bonchev–Trinajstić information content (AvgIpc) is 2.27. The zero-order valence-electron chi connectivity index (χ0n) is 9.49. The lowest BCUT2D eigenvalue weighted by Crippen LogP contribution is -2.56. The van der Waals surface area contributed by atoms with E-state index in [-0.39, 0.29) is 12.4 Å². The number of hydrogen-bond donors (Lipinski definition) is 2. The van der Waals surface area contributed by atoms with Crippen molar-refractivity contribution in [2.75, 3.05) is 6.61 Å². The first kappa shape index (κ1) is 14.3. The summed E-state index contributed by atoms with van der Waals surface area (Å²) in [6, 6.07) is 4.95. The summed E-state index contributed by atoms with van der Waals surface area (Å²) >= 11 is 0. The Morgan fingerprint density at radius 3 is 2.39 bits per heavy atom. The van der Waals surface area contributed by atoms with Gasteiger partial charge < -0.3 is 15.6 Å². The van der Waals surface area contributed by atoms with Crippen LogP contribution in [0, 0.1) is 0 Å². The van der Waals surface area contributed by atoms with Crippen LogP contribution in [0.4, 0.5) is 13.2 Å². The first-order valence-corrected chi connectivity index (χ1v) is 5.06. The number of carbonyl (C=O) groups is 1. The quantitative estimate of drug-likeness (QED) is 0.870. The summed E-state index contributed by atoms with van der Waals surface area (Å²) in [5.74, 6) is -2.37. The van der Waals surface area contributed by atoms with Crippen molar-refractivity contribution in [1.29, 1.82) is 0 Å². The van der Waals surface area contributed by atoms with Crippen molar-refractivity contribution < 1.29 is 27.8 Å². The minimum atomic E-state index is -5.13. The lowest BCUT2D eigenvalue weighted by Gasteiger charge is -2.29. The summed E-state index contributed by atoms with van der Waals surface area (Å²) in [6.07, 6.45) is -5.13. The number of alkyl halides is 3. The summed E-state index contributed by atoms with van der Waals surface area (Å²) in [5.41, 5.74) is 0.960. The molecule has 0 aliphatic rings. The van der Waals surface area contributed by atoms with Gasteiger partial charge in [-0.1, -0.05) is 18.2 Å². The third-order valence-corrected chi connectivity index (χ3v) is 2.40. The van der Waals surface area contributed by atoms with Crippen LogP contribution in [0.25, 0.3) is 0 Å². The average molecular weight is 263 g/mol. The molecule has 3 N–H and O–H groups in total. The van der Waals surface area contributed by atoms with E-state index in [2.05, 4.69) is 0 Å². The SMILES string of the molecule is CCOc1ccccc1C(N)(C(=O)O)C(F)(F)F. The molecule has 7 heteroatoms. The predicted molar refractivity (Wildman–Crippen MR) is 57.2 cm³/mol. The number of carboxylic acids is 1. The number of hydrogen-bond acceptors (Lipinski definition) is 3. The van der Waals surface area contributed by atoms with Crippen LogP contribution in [0.5, 0.6) is 5.75 Å². The van der Waals surface area contributed by atoms with Crippen LogP contribution >= 0.6 is 0 Å². The second kappa shape index (κ2) is 4.85. The van der Waals surface area contributed by atoms with Crippen molar-refractivity contribution in [3.8, 4) is 5.75 Å². The van der Waals surface area contributed by atoms with E-state index < -0.39 is 23.2 Å². The summed E-state index contributed by atoms with van der Waals surface area (Å²) in [7, 11) is 0. The van der Waals surface area contributed by atoms with Crippen molar-refractivity contribution in [1.82, 2.24) is 0 Å². The summed E-state index contributed by atoms with van der Waals surface area (Å²) < 4.78 is 43.7. The van der Waals surface area contributed by atoms with Crippen LogP contribution in [0.15, 0.2) is 24.3 Å². The van der Waals surface area contributed by atoms with Crippen LogP contribution in [0.3, 0.4) is 0 Å². The lowest BCUT2D eigenvalue weighted by atomic mass is 9.89. The van der Waals surface area contributed by atoms with E-state index >= 15 is 0 Å². The van der Waals surface area contributed by atoms with Crippen molar-refractivity contribution in [2.24, 2.45) is 5.73 Å². The molecule has 18 heavy (non-hydrogen) atoms. The highest BCUT2D eigenvalue weighted by molar-refractivity contribution is 5.82. The largest absolute Gasteiger partial charge is 0.494 e. The fraction of sp³-hybridized carbons (Fsp3) is 0.364. The van der Waals surface area contributed by atoms with Gasteiger partial charge in [0.25, 0.3) is 0 Å². The standard InChI is InChI=1S/C11H12F3NO3/c1-2-18-8-6-4-3-5-7(8)10(15,9(16)17)11(12,13)14/h3-6H,2,15H2,1H3,(H,16,17). The molecule has 0 amide bonds. The molecule has 100 valence electrons. The van der Waals surface area contributed by atoms with Crippen LogP contribution in [0.2, 0.25) is 0 Å². The minimum Gasteiger partial charge on any atom is -0.494 e. The summed E-state index contributed by atoms with van der Waals surface area (Å²) in [4.78, 5) is 10.9. The Labute approximate surface area is 101 Å². The first-order chi connectivity index (χ1) is 8.25. The molecule has 0 saturated heterocycles. The van der Waals surface area contributed by atoms with Gasteiger partial charge in [-0.25, -0.2) is 4.79 Å². The molecule has 0 aliphatic carbocycles. The molecule has 1 rings (SSSR count). The van der Waals surface area contributed by atoms with Crippen molar-refractivity contribution in [3.63, 3.8) is 0 Å². The van der Waals surface area contributed by atoms with Gasteiger partial charge in [0.05, 0.1) is 6.61 Å². The highest BCUT2D eigenvalue weighted by Crippen LogP contribution is 2.40. The smallest absolute Gasteiger partial charge is 0.421 e. The number of benzene rings is 1. The molecule has 0 aromatic heterocycles. The predicted octanol–water partition coefficient (Wildman–Crippen LogP) is 1.89. The van der Waals surface area contributed by atoms with E-state index in [0.717, 1.165) is 6.07 Å². The molecule has 0 heterocycles. The third kappa shape index (κ3) is 2.26. The third-order valence-electron chi connectivity index (χ3n) is 2.40. The fourth-order valence-corrected chi connectivity index (χ4v) is 1.46. The first-order valence-electron chi connectivity index (χ1n) is 5.06. The van der Waals surface area contributed by atoms with E-state index in [4.69, 9.17) is 15.6 Å². The molecule has 0 radical (unpaired) electrons. The van der Waals surface area contributed by atoms with Crippen LogP contribution in [0.1, 0.15) is 12.5 Å². The number of halogens is 3. The van der Waals surface area contributed by atoms with Crippen molar-refractivity contribution in [2.45, 2.75) is 18.6 Å². The Hall–Kier alpha value is -1.76. The normalized spacial score (nSPS) is 14.9. The van der Waals surface area contributed by atoms with E-state index in [1.54, 1.807) is 6.92 Å². The molecule has 0 saturated carbocycles. The molecule has 1 atom stereocenters. The molecule has 0 aliphatic heterocycles. The van der Waals surface area contributed by atoms with Gasteiger partial charge in [-0.15, -0.1) is 0 Å². The molecule has 1 aromatic carbocycles. The zero-order valence-corrected chi connectivity index (χ0v) is 9.49. The van der Waals surface area contributed by atoms with Gasteiger partial charge in [-0.2, -0.15) is 13.2 Å². The molecular formula is C11H12F3NO3. The maximum absolute atomic E-state index is 12.9. The minimum absolute atomic E-state index is 0.102. The van der Waals surface area contributed by atoms with Crippen LogP contribution in [-0.4, -0.2) is 23.9 Å². The van der Waals surface area contributed by atoms with Crippen LogP contribution in [-0.2, 0) is 10.3 Å². The maximum atomic E-state index is 12.9. The zero-order chi connectivity index (χ0) is 14.0. The van der Waals surface area contributed by atoms with Gasteiger partial charge in [0.2, 0.25) is 5.54 Å². The van der Waals surface area contributed by atoms with E-state index in [1.165, 1.54) is 18.2 Å². The Kier molecular flexibility index (Phi) is 3.85. The molecular weight excluding hydrogens is 251 g/mol. The second-order valence-electron chi connectivity index (χ2n) is 3.54. The van der Waals surface area contributed by atoms with Gasteiger partial charge in [0, 0.05) is 5.56 Å². The summed E-state index contributed by atoms with van der Waals surface area (Å²) in [5, 5.41) is 8.81. The van der Waals surface area contributed by atoms with Gasteiger partial charge in [-0.05, 0) is 13.0 Å². The number of aliphatic carboxylic acids is 1. The maximum Gasteiger partial charge on any atom is 0.421 e. The number of para-hydroxylation sites is 1. The van der Waals surface area contributed by atoms with Gasteiger partial charge in [-0.3, -0.25) is 0 Å². The van der Waals surface area contributed by atoms with E-state index in [1.807, 2.05) is 0 Å². The Morgan fingerprint density at radius 2 is 1.94 bits per heavy atom. The number of rotatable bonds is 4. The number of carboxylic acid groups (broad SMARTS) is 1. The molecule has 0 fully saturated rings. The highest BCUT2D eigenvalue weighted by atomic mass is 19.4. The Balaban J connectivity index is 3.45. The summed E-state index contributed by atoms with van der Waals surface area (Å²) in [6.45, 7) is 1.67. The van der Waals surface area contributed by atoms with Gasteiger partial charge in [0.1, 0.15) is 5.75 Å². The molecule has 0 bridgehead atoms. The Bertz CT molecular complexity index is 447. The van der Waals surface area contributed by atoms with E-state index in [9.17, 15) is 18.0 Å². The Morgan fingerprint density at radius 1 is 1.39 bits per heavy atom. The van der Waals surface area contributed by atoms with Crippen molar-refractivity contribution in [3.05, 3.63) is 29.8 Å². The van der Waals surface area contributed by atoms with Crippen molar-refractivity contribution >= 4 is 5.97 Å². The highest BCUT2D eigenvalue weighted by Gasteiger charge is 2.60. The lowest BCUT2D eigenvalue weighted by molar-refractivity contribution is -0.205. The monoisotopic (exact) mass is 263 g/mol. The molecule has 1 aromatic rings.